The van der Waals surface area contributed by atoms with Crippen molar-refractivity contribution in [2.45, 2.75) is 20.3 Å². The van der Waals surface area contributed by atoms with E-state index >= 15 is 0 Å². The third kappa shape index (κ3) is 2.99. The van der Waals surface area contributed by atoms with Crippen molar-refractivity contribution in [3.05, 3.63) is 113 Å². The summed E-state index contributed by atoms with van der Waals surface area (Å²) in [6.45, 7) is 4.71. The lowest BCUT2D eigenvalue weighted by atomic mass is 9.97. The summed E-state index contributed by atoms with van der Waals surface area (Å²) in [6.07, 6.45) is 0.843. The molecule has 2 heterocycles. The Morgan fingerprint density at radius 1 is 0.735 bits per heavy atom. The van der Waals surface area contributed by atoms with Crippen LogP contribution in [0.3, 0.4) is 0 Å². The number of carbonyl (C=O) groups is 2. The van der Waals surface area contributed by atoms with Crippen molar-refractivity contribution in [3.63, 3.8) is 0 Å². The lowest BCUT2D eigenvalue weighted by molar-refractivity contribution is -0.120. The molecule has 4 aromatic carbocycles. The number of anilines is 2. The molecule has 166 valence electrons. The zero-order valence-corrected chi connectivity index (χ0v) is 19.2. The number of rotatable bonds is 3. The molecule has 2 amide bonds. The van der Waals surface area contributed by atoms with Crippen molar-refractivity contribution in [1.82, 2.24) is 0 Å². The fourth-order valence-corrected chi connectivity index (χ4v) is 5.30. The van der Waals surface area contributed by atoms with Gasteiger partial charge >= 0.3 is 0 Å². The Balaban J connectivity index is 1.58. The van der Waals surface area contributed by atoms with Gasteiger partial charge in [0, 0.05) is 17.6 Å². The van der Waals surface area contributed by atoms with Crippen molar-refractivity contribution >= 4 is 39.5 Å². The molecule has 34 heavy (non-hydrogen) atoms. The highest BCUT2D eigenvalue weighted by atomic mass is 16.2. The summed E-state index contributed by atoms with van der Waals surface area (Å²) in [7, 11) is 0. The van der Waals surface area contributed by atoms with Gasteiger partial charge in [0.25, 0.3) is 11.8 Å². The molecule has 0 aromatic heterocycles. The second-order valence-corrected chi connectivity index (χ2v) is 9.02. The molecular formula is C30H24N2O2. The van der Waals surface area contributed by atoms with Gasteiger partial charge in [0.2, 0.25) is 0 Å². The summed E-state index contributed by atoms with van der Waals surface area (Å²) in [6, 6.07) is 27.8. The first-order chi connectivity index (χ1) is 16.5. The van der Waals surface area contributed by atoms with E-state index in [0.717, 1.165) is 39.6 Å². The minimum atomic E-state index is -0.271. The first-order valence-corrected chi connectivity index (χ1v) is 11.6. The van der Waals surface area contributed by atoms with Gasteiger partial charge in [-0.2, -0.15) is 0 Å². The van der Waals surface area contributed by atoms with E-state index in [1.54, 1.807) is 0 Å². The Morgan fingerprint density at radius 2 is 1.47 bits per heavy atom. The molecule has 0 fully saturated rings. The predicted molar refractivity (Wildman–Crippen MR) is 137 cm³/mol. The van der Waals surface area contributed by atoms with Gasteiger partial charge in [-0.1, -0.05) is 78.4 Å². The first-order valence-electron chi connectivity index (χ1n) is 11.6. The maximum Gasteiger partial charge on any atom is 0.282 e. The Morgan fingerprint density at radius 3 is 2.32 bits per heavy atom. The topological polar surface area (TPSA) is 40.6 Å². The third-order valence-corrected chi connectivity index (χ3v) is 6.88. The summed E-state index contributed by atoms with van der Waals surface area (Å²) in [5.41, 5.74) is 6.68. The largest absolute Gasteiger partial charge is 0.336 e. The molecule has 6 rings (SSSR count). The number of hydrogen-bond donors (Lipinski definition) is 0. The Labute approximate surface area is 198 Å². The molecule has 4 nitrogen and oxygen atoms in total. The quantitative estimate of drug-likeness (QED) is 0.375. The van der Waals surface area contributed by atoms with E-state index in [2.05, 4.69) is 12.1 Å². The van der Waals surface area contributed by atoms with Crippen LogP contribution in [0, 0.1) is 13.8 Å². The van der Waals surface area contributed by atoms with Crippen molar-refractivity contribution in [1.29, 1.82) is 0 Å². The summed E-state index contributed by atoms with van der Waals surface area (Å²) in [5, 5.41) is 1.88. The number of para-hydroxylation sites is 1. The van der Waals surface area contributed by atoms with Crippen LogP contribution in [-0.4, -0.2) is 18.4 Å². The Hall–Kier alpha value is -4.18. The number of amides is 2. The molecular weight excluding hydrogens is 420 g/mol. The average Bonchev–Trinajstić information content (AvgIpc) is 3.37. The van der Waals surface area contributed by atoms with Crippen molar-refractivity contribution < 1.29 is 9.59 Å². The number of nitrogens with zero attached hydrogens (tertiary/aromatic N) is 2. The molecule has 0 unspecified atom stereocenters. The summed E-state index contributed by atoms with van der Waals surface area (Å²) in [4.78, 5) is 31.6. The van der Waals surface area contributed by atoms with Gasteiger partial charge in [0.15, 0.2) is 0 Å². The van der Waals surface area contributed by atoms with Gasteiger partial charge < -0.3 is 4.90 Å². The predicted octanol–water partition coefficient (Wildman–Crippen LogP) is 5.80. The fraction of sp³-hybridized carbons (Fsp3) is 0.133. The first kappa shape index (κ1) is 20.4. The van der Waals surface area contributed by atoms with Gasteiger partial charge in [-0.15, -0.1) is 0 Å². The molecule has 0 spiro atoms. The number of fused-ring (bicyclic) bond motifs is 2. The highest BCUT2D eigenvalue weighted by Gasteiger charge is 2.44. The van der Waals surface area contributed by atoms with E-state index in [1.807, 2.05) is 91.5 Å². The van der Waals surface area contributed by atoms with Crippen molar-refractivity contribution in [2.75, 3.05) is 16.3 Å². The molecule has 2 aliphatic rings. The Bertz CT molecular complexity index is 1530. The second kappa shape index (κ2) is 7.70. The average molecular weight is 445 g/mol. The van der Waals surface area contributed by atoms with Gasteiger partial charge in [0.1, 0.15) is 5.70 Å². The molecule has 0 aliphatic carbocycles. The normalized spacial score (nSPS) is 15.6. The molecule has 0 N–H and O–H groups in total. The lowest BCUT2D eigenvalue weighted by Crippen LogP contribution is -2.35. The van der Waals surface area contributed by atoms with E-state index < -0.39 is 0 Å². The lowest BCUT2D eigenvalue weighted by Gasteiger charge is -2.22. The van der Waals surface area contributed by atoms with Crippen LogP contribution in [0.15, 0.2) is 90.6 Å². The molecule has 2 aliphatic heterocycles. The van der Waals surface area contributed by atoms with Crippen LogP contribution in [0.25, 0.3) is 16.3 Å². The van der Waals surface area contributed by atoms with E-state index in [0.29, 0.717) is 23.5 Å². The smallest absolute Gasteiger partial charge is 0.282 e. The maximum atomic E-state index is 14.1. The highest BCUT2D eigenvalue weighted by molar-refractivity contribution is 6.47. The van der Waals surface area contributed by atoms with Crippen LogP contribution >= 0.6 is 0 Å². The summed E-state index contributed by atoms with van der Waals surface area (Å²) < 4.78 is 0. The fourth-order valence-electron chi connectivity index (χ4n) is 5.30. The molecule has 0 atom stereocenters. The Kier molecular flexibility index (Phi) is 4.63. The monoisotopic (exact) mass is 444 g/mol. The SMILES string of the molecule is Cc1ccc(C2=C(N3CCc4ccccc43)C(=O)N(c3cccc4ccccc34)C2=O)c(C)c1. The summed E-state index contributed by atoms with van der Waals surface area (Å²) >= 11 is 0. The molecule has 0 radical (unpaired) electrons. The van der Waals surface area contributed by atoms with Gasteiger partial charge in [-0.25, -0.2) is 4.90 Å². The van der Waals surface area contributed by atoms with Crippen LogP contribution in [0.2, 0.25) is 0 Å². The van der Waals surface area contributed by atoms with Crippen molar-refractivity contribution in [3.8, 4) is 0 Å². The van der Waals surface area contributed by atoms with Crippen LogP contribution in [-0.2, 0) is 16.0 Å². The van der Waals surface area contributed by atoms with Crippen LogP contribution in [0.1, 0.15) is 22.3 Å². The van der Waals surface area contributed by atoms with Gasteiger partial charge in [-0.3, -0.25) is 9.59 Å². The van der Waals surface area contributed by atoms with Crippen molar-refractivity contribution in [2.24, 2.45) is 0 Å². The van der Waals surface area contributed by atoms with E-state index in [9.17, 15) is 9.59 Å². The molecule has 0 saturated carbocycles. The number of carbonyl (C=O) groups excluding carboxylic acids is 2. The molecule has 4 heteroatoms. The van der Waals surface area contributed by atoms with Gasteiger partial charge in [-0.05, 0) is 54.5 Å². The van der Waals surface area contributed by atoms with E-state index in [-0.39, 0.29) is 11.8 Å². The zero-order chi connectivity index (χ0) is 23.4. The van der Waals surface area contributed by atoms with Gasteiger partial charge in [0.05, 0.1) is 11.3 Å². The zero-order valence-electron chi connectivity index (χ0n) is 19.2. The van der Waals surface area contributed by atoms with Crippen LogP contribution in [0.5, 0.6) is 0 Å². The van der Waals surface area contributed by atoms with E-state index in [4.69, 9.17) is 0 Å². The second-order valence-electron chi connectivity index (χ2n) is 9.02. The number of benzene rings is 4. The van der Waals surface area contributed by atoms with E-state index in [1.165, 1.54) is 10.5 Å². The maximum absolute atomic E-state index is 14.1. The highest BCUT2D eigenvalue weighted by Crippen LogP contribution is 2.42. The number of imide groups is 1. The number of hydrogen-bond acceptors (Lipinski definition) is 3. The minimum Gasteiger partial charge on any atom is -0.336 e. The standard InChI is InChI=1S/C30H24N2O2/c1-19-14-15-23(20(2)18-19)27-28(31-17-16-22-9-4-6-12-25(22)31)30(34)32(29(27)33)26-13-7-10-21-8-3-5-11-24(21)26/h3-15,18H,16-17H2,1-2H3. The molecule has 0 saturated heterocycles. The summed E-state index contributed by atoms with van der Waals surface area (Å²) in [5.74, 6) is -0.541. The minimum absolute atomic E-state index is 0.270. The van der Waals surface area contributed by atoms with Crippen LogP contribution in [0.4, 0.5) is 11.4 Å². The van der Waals surface area contributed by atoms with Crippen LogP contribution < -0.4 is 9.80 Å². The number of aryl methyl sites for hydroxylation is 2. The molecule has 4 aromatic rings. The molecule has 0 bridgehead atoms. The third-order valence-electron chi connectivity index (χ3n) is 6.88.